The zero-order valence-corrected chi connectivity index (χ0v) is 12.7. The van der Waals surface area contributed by atoms with Crippen LogP contribution >= 0.6 is 11.3 Å². The predicted molar refractivity (Wildman–Crippen MR) is 83.0 cm³/mol. The number of nitrogens with zero attached hydrogens (tertiary/aromatic N) is 1. The fourth-order valence-electron chi connectivity index (χ4n) is 2.21. The van der Waals surface area contributed by atoms with E-state index in [9.17, 15) is 0 Å². The standard InChI is InChI=1S/C16H20N2OS/c1-10(2)19-13-7-5-11(6-8-13)14-9-20-16(18-14)15(17)12-3-4-12/h5-10,12,15H,3-4,17H2,1-2H3. The van der Waals surface area contributed by atoms with Crippen LogP contribution in [0.15, 0.2) is 29.6 Å². The third-order valence-electron chi connectivity index (χ3n) is 3.46. The van der Waals surface area contributed by atoms with Crippen molar-refractivity contribution in [1.82, 2.24) is 4.98 Å². The van der Waals surface area contributed by atoms with E-state index in [1.165, 1.54) is 12.8 Å². The van der Waals surface area contributed by atoms with Gasteiger partial charge in [-0.15, -0.1) is 11.3 Å². The maximum absolute atomic E-state index is 6.20. The monoisotopic (exact) mass is 288 g/mol. The molecule has 1 fully saturated rings. The number of aromatic nitrogens is 1. The molecule has 0 amide bonds. The molecule has 20 heavy (non-hydrogen) atoms. The number of thiazole rings is 1. The molecule has 4 heteroatoms. The van der Waals surface area contributed by atoms with Gasteiger partial charge >= 0.3 is 0 Å². The van der Waals surface area contributed by atoms with Crippen molar-refractivity contribution in [3.63, 3.8) is 0 Å². The van der Waals surface area contributed by atoms with Crippen LogP contribution in [0.5, 0.6) is 5.75 Å². The summed E-state index contributed by atoms with van der Waals surface area (Å²) in [6, 6.07) is 8.22. The predicted octanol–water partition coefficient (Wildman–Crippen LogP) is 4.01. The lowest BCUT2D eigenvalue weighted by Gasteiger charge is -2.09. The van der Waals surface area contributed by atoms with Crippen molar-refractivity contribution in [2.24, 2.45) is 11.7 Å². The maximum Gasteiger partial charge on any atom is 0.119 e. The van der Waals surface area contributed by atoms with E-state index in [2.05, 4.69) is 22.5 Å². The first kappa shape index (κ1) is 13.6. The molecule has 0 radical (unpaired) electrons. The van der Waals surface area contributed by atoms with Gasteiger partial charge in [0.25, 0.3) is 0 Å². The molecule has 3 rings (SSSR count). The summed E-state index contributed by atoms with van der Waals surface area (Å²) < 4.78 is 5.65. The average Bonchev–Trinajstić information content (AvgIpc) is 3.16. The minimum Gasteiger partial charge on any atom is -0.491 e. The Balaban J connectivity index is 1.75. The summed E-state index contributed by atoms with van der Waals surface area (Å²) in [5, 5.41) is 3.15. The minimum atomic E-state index is 0.122. The van der Waals surface area contributed by atoms with Gasteiger partial charge in [0.15, 0.2) is 0 Å². The van der Waals surface area contributed by atoms with E-state index in [0.29, 0.717) is 5.92 Å². The molecule has 2 aromatic rings. The maximum atomic E-state index is 6.20. The van der Waals surface area contributed by atoms with Crippen LogP contribution in [0.1, 0.15) is 37.7 Å². The summed E-state index contributed by atoms with van der Waals surface area (Å²) in [6.07, 6.45) is 2.69. The van der Waals surface area contributed by atoms with Crippen molar-refractivity contribution in [3.05, 3.63) is 34.7 Å². The van der Waals surface area contributed by atoms with Crippen molar-refractivity contribution < 1.29 is 4.74 Å². The lowest BCUT2D eigenvalue weighted by Crippen LogP contribution is -2.11. The molecule has 0 bridgehead atoms. The summed E-state index contributed by atoms with van der Waals surface area (Å²) in [4.78, 5) is 4.68. The third-order valence-corrected chi connectivity index (χ3v) is 4.40. The van der Waals surface area contributed by atoms with E-state index in [1.54, 1.807) is 11.3 Å². The SMILES string of the molecule is CC(C)Oc1ccc(-c2csc(C(N)C3CC3)n2)cc1. The van der Waals surface area contributed by atoms with Gasteiger partial charge in [-0.3, -0.25) is 0 Å². The third kappa shape index (κ3) is 3.02. The Hall–Kier alpha value is -1.39. The van der Waals surface area contributed by atoms with Crippen LogP contribution in [0.3, 0.4) is 0 Å². The van der Waals surface area contributed by atoms with Gasteiger partial charge in [-0.05, 0) is 56.9 Å². The zero-order chi connectivity index (χ0) is 14.1. The van der Waals surface area contributed by atoms with Gasteiger partial charge in [0.2, 0.25) is 0 Å². The summed E-state index contributed by atoms with van der Waals surface area (Å²) in [5.41, 5.74) is 8.33. The van der Waals surface area contributed by atoms with Crippen molar-refractivity contribution in [3.8, 4) is 17.0 Å². The first-order valence-corrected chi connectivity index (χ1v) is 7.99. The second kappa shape index (κ2) is 5.54. The number of benzene rings is 1. The first-order valence-electron chi connectivity index (χ1n) is 7.11. The van der Waals surface area contributed by atoms with Gasteiger partial charge in [-0.2, -0.15) is 0 Å². The fraction of sp³-hybridized carbons (Fsp3) is 0.438. The molecule has 1 aromatic carbocycles. The van der Waals surface area contributed by atoms with E-state index in [1.807, 2.05) is 26.0 Å². The molecule has 1 aromatic heterocycles. The van der Waals surface area contributed by atoms with Crippen molar-refractivity contribution in [2.75, 3.05) is 0 Å². The van der Waals surface area contributed by atoms with E-state index in [0.717, 1.165) is 22.0 Å². The topological polar surface area (TPSA) is 48.1 Å². The fourth-order valence-corrected chi connectivity index (χ4v) is 3.13. The molecule has 0 saturated heterocycles. The summed E-state index contributed by atoms with van der Waals surface area (Å²) in [7, 11) is 0. The Bertz CT molecular complexity index is 572. The number of hydrogen-bond acceptors (Lipinski definition) is 4. The molecular formula is C16H20N2OS. The van der Waals surface area contributed by atoms with Crippen LogP contribution < -0.4 is 10.5 Å². The highest BCUT2D eigenvalue weighted by Crippen LogP contribution is 2.40. The van der Waals surface area contributed by atoms with E-state index in [4.69, 9.17) is 10.5 Å². The van der Waals surface area contributed by atoms with Crippen LogP contribution in [0, 0.1) is 5.92 Å². The Morgan fingerprint density at radius 3 is 2.55 bits per heavy atom. The van der Waals surface area contributed by atoms with E-state index >= 15 is 0 Å². The molecule has 1 aliphatic carbocycles. The number of hydrogen-bond donors (Lipinski definition) is 1. The van der Waals surface area contributed by atoms with Gasteiger partial charge in [0.1, 0.15) is 10.8 Å². The molecule has 0 spiro atoms. The number of rotatable bonds is 5. The summed E-state index contributed by atoms with van der Waals surface area (Å²) in [6.45, 7) is 4.06. The minimum absolute atomic E-state index is 0.122. The Kier molecular flexibility index (Phi) is 3.76. The largest absolute Gasteiger partial charge is 0.491 e. The molecule has 1 atom stereocenters. The highest BCUT2D eigenvalue weighted by molar-refractivity contribution is 7.10. The Morgan fingerprint density at radius 1 is 1.25 bits per heavy atom. The van der Waals surface area contributed by atoms with Crippen LogP contribution in [0.2, 0.25) is 0 Å². The molecule has 2 N–H and O–H groups in total. The zero-order valence-electron chi connectivity index (χ0n) is 11.9. The normalized spacial score (nSPS) is 16.4. The van der Waals surface area contributed by atoms with Crippen LogP contribution in [-0.2, 0) is 0 Å². The van der Waals surface area contributed by atoms with E-state index in [-0.39, 0.29) is 12.1 Å². The molecule has 1 unspecified atom stereocenters. The second-order valence-corrected chi connectivity index (χ2v) is 6.51. The Labute approximate surface area is 123 Å². The van der Waals surface area contributed by atoms with Crippen molar-refractivity contribution in [2.45, 2.75) is 38.8 Å². The second-order valence-electron chi connectivity index (χ2n) is 5.63. The van der Waals surface area contributed by atoms with Crippen LogP contribution in [0.4, 0.5) is 0 Å². The summed E-state index contributed by atoms with van der Waals surface area (Å²) in [5.74, 6) is 1.55. The molecule has 3 nitrogen and oxygen atoms in total. The quantitative estimate of drug-likeness (QED) is 0.904. The number of ether oxygens (including phenoxy) is 1. The number of nitrogens with two attached hydrogens (primary N) is 1. The van der Waals surface area contributed by atoms with Crippen LogP contribution in [0.25, 0.3) is 11.3 Å². The molecule has 106 valence electrons. The molecule has 1 aliphatic rings. The first-order chi connectivity index (χ1) is 9.63. The van der Waals surface area contributed by atoms with Gasteiger partial charge < -0.3 is 10.5 Å². The lowest BCUT2D eigenvalue weighted by molar-refractivity contribution is 0.242. The van der Waals surface area contributed by atoms with Gasteiger partial charge in [0.05, 0.1) is 17.8 Å². The molecular weight excluding hydrogens is 268 g/mol. The van der Waals surface area contributed by atoms with E-state index < -0.39 is 0 Å². The molecule has 1 saturated carbocycles. The lowest BCUT2D eigenvalue weighted by atomic mass is 10.1. The smallest absolute Gasteiger partial charge is 0.119 e. The van der Waals surface area contributed by atoms with Crippen molar-refractivity contribution in [1.29, 1.82) is 0 Å². The highest BCUT2D eigenvalue weighted by Gasteiger charge is 2.31. The Morgan fingerprint density at radius 2 is 1.95 bits per heavy atom. The summed E-state index contributed by atoms with van der Waals surface area (Å²) >= 11 is 1.67. The highest BCUT2D eigenvalue weighted by atomic mass is 32.1. The van der Waals surface area contributed by atoms with Gasteiger partial charge in [0, 0.05) is 10.9 Å². The van der Waals surface area contributed by atoms with Gasteiger partial charge in [-0.25, -0.2) is 4.98 Å². The van der Waals surface area contributed by atoms with Crippen molar-refractivity contribution >= 4 is 11.3 Å². The average molecular weight is 288 g/mol. The molecule has 0 aliphatic heterocycles. The van der Waals surface area contributed by atoms with Gasteiger partial charge in [-0.1, -0.05) is 0 Å². The molecule has 1 heterocycles. The van der Waals surface area contributed by atoms with Crippen LogP contribution in [-0.4, -0.2) is 11.1 Å².